The Morgan fingerprint density at radius 1 is 1.50 bits per heavy atom. The largest absolute Gasteiger partial charge is 0.480 e. The molecule has 0 aliphatic heterocycles. The number of methoxy groups -OCH3 is 1. The number of carboxylic acids is 1. The highest BCUT2D eigenvalue weighted by Crippen LogP contribution is 2.10. The number of hydrogen-bond acceptors (Lipinski definition) is 4. The zero-order chi connectivity index (χ0) is 12.1. The van der Waals surface area contributed by atoms with Crippen LogP contribution in [-0.2, 0) is 16.1 Å². The van der Waals surface area contributed by atoms with Crippen LogP contribution in [0.1, 0.15) is 16.3 Å². The summed E-state index contributed by atoms with van der Waals surface area (Å²) >= 11 is 0. The first-order chi connectivity index (χ1) is 7.54. The zero-order valence-electron chi connectivity index (χ0n) is 9.10. The second-order valence-corrected chi connectivity index (χ2v) is 3.25. The van der Waals surface area contributed by atoms with Gasteiger partial charge in [-0.2, -0.15) is 0 Å². The number of carbonyl (C=O) groups excluding carboxylic acids is 1. The van der Waals surface area contributed by atoms with E-state index in [0.717, 1.165) is 4.90 Å². The summed E-state index contributed by atoms with van der Waals surface area (Å²) in [6.45, 7) is -0.0882. The van der Waals surface area contributed by atoms with Gasteiger partial charge in [-0.1, -0.05) is 0 Å². The smallest absolute Gasteiger partial charge is 0.323 e. The molecule has 0 aliphatic rings. The van der Waals surface area contributed by atoms with E-state index in [0.29, 0.717) is 5.76 Å². The van der Waals surface area contributed by atoms with Crippen molar-refractivity contribution in [1.82, 2.24) is 4.90 Å². The molecule has 0 unspecified atom stereocenters. The Morgan fingerprint density at radius 3 is 2.75 bits per heavy atom. The SMILES string of the molecule is COCc1ccc(C(=O)N(C)CC(=O)O)o1. The Bertz CT molecular complexity index is 384. The number of amides is 1. The monoisotopic (exact) mass is 227 g/mol. The summed E-state index contributed by atoms with van der Waals surface area (Å²) in [6.07, 6.45) is 0. The van der Waals surface area contributed by atoms with Crippen molar-refractivity contribution in [3.8, 4) is 0 Å². The quantitative estimate of drug-likeness (QED) is 0.796. The predicted octanol–water partition coefficient (Wildman–Crippen LogP) is 0.583. The highest BCUT2D eigenvalue weighted by atomic mass is 16.5. The second-order valence-electron chi connectivity index (χ2n) is 3.25. The molecule has 0 radical (unpaired) electrons. The topological polar surface area (TPSA) is 80.0 Å². The molecule has 1 amide bonds. The first-order valence-corrected chi connectivity index (χ1v) is 4.59. The number of rotatable bonds is 5. The third-order valence-corrected chi connectivity index (χ3v) is 1.88. The third kappa shape index (κ3) is 3.09. The van der Waals surface area contributed by atoms with Gasteiger partial charge in [0.25, 0.3) is 5.91 Å². The molecular weight excluding hydrogens is 214 g/mol. The average Bonchev–Trinajstić information content (AvgIpc) is 2.64. The van der Waals surface area contributed by atoms with E-state index in [1.165, 1.54) is 20.2 Å². The number of carbonyl (C=O) groups is 2. The second kappa shape index (κ2) is 5.32. The maximum atomic E-state index is 11.6. The number of hydrogen-bond donors (Lipinski definition) is 1. The molecule has 0 saturated heterocycles. The van der Waals surface area contributed by atoms with Gasteiger partial charge in [-0.3, -0.25) is 9.59 Å². The van der Waals surface area contributed by atoms with E-state index in [1.54, 1.807) is 6.07 Å². The van der Waals surface area contributed by atoms with Crippen molar-refractivity contribution in [2.24, 2.45) is 0 Å². The number of ether oxygens (including phenoxy) is 1. The van der Waals surface area contributed by atoms with Crippen molar-refractivity contribution in [2.75, 3.05) is 20.7 Å². The molecule has 0 spiro atoms. The summed E-state index contributed by atoms with van der Waals surface area (Å²) in [5.74, 6) is -0.908. The summed E-state index contributed by atoms with van der Waals surface area (Å²) in [5.41, 5.74) is 0. The third-order valence-electron chi connectivity index (χ3n) is 1.88. The van der Waals surface area contributed by atoms with Crippen LogP contribution in [0.2, 0.25) is 0 Å². The summed E-state index contributed by atoms with van der Waals surface area (Å²) in [5, 5.41) is 8.52. The molecule has 0 bridgehead atoms. The molecule has 1 aromatic heterocycles. The fraction of sp³-hybridized carbons (Fsp3) is 0.400. The minimum atomic E-state index is -1.07. The van der Waals surface area contributed by atoms with Crippen LogP contribution in [0.5, 0.6) is 0 Å². The van der Waals surface area contributed by atoms with Crippen LogP contribution in [0, 0.1) is 0 Å². The first-order valence-electron chi connectivity index (χ1n) is 4.59. The van der Waals surface area contributed by atoms with E-state index in [9.17, 15) is 9.59 Å². The molecule has 0 aliphatic carbocycles. The van der Waals surface area contributed by atoms with Crippen molar-refractivity contribution >= 4 is 11.9 Å². The molecule has 6 heteroatoms. The zero-order valence-corrected chi connectivity index (χ0v) is 9.10. The van der Waals surface area contributed by atoms with Crippen LogP contribution in [-0.4, -0.2) is 42.6 Å². The lowest BCUT2D eigenvalue weighted by molar-refractivity contribution is -0.137. The Kier molecular flexibility index (Phi) is 4.07. The standard InChI is InChI=1S/C10H13NO5/c1-11(5-9(12)13)10(14)8-4-3-7(16-8)6-15-2/h3-4H,5-6H2,1-2H3,(H,12,13). The van der Waals surface area contributed by atoms with Gasteiger partial charge in [0.15, 0.2) is 5.76 Å². The van der Waals surface area contributed by atoms with E-state index in [2.05, 4.69) is 0 Å². The molecule has 1 heterocycles. The van der Waals surface area contributed by atoms with E-state index in [1.807, 2.05) is 0 Å². The number of furan rings is 1. The van der Waals surface area contributed by atoms with Crippen molar-refractivity contribution in [3.63, 3.8) is 0 Å². The van der Waals surface area contributed by atoms with Crippen LogP contribution in [0.4, 0.5) is 0 Å². The number of aliphatic carboxylic acids is 1. The number of carboxylic acid groups (broad SMARTS) is 1. The number of nitrogens with zero attached hydrogens (tertiary/aromatic N) is 1. The summed E-state index contributed by atoms with van der Waals surface area (Å²) in [6, 6.07) is 3.11. The van der Waals surface area contributed by atoms with Crippen LogP contribution in [0.25, 0.3) is 0 Å². The molecule has 1 rings (SSSR count). The van der Waals surface area contributed by atoms with Crippen LogP contribution >= 0.6 is 0 Å². The molecule has 0 atom stereocenters. The van der Waals surface area contributed by atoms with Gasteiger partial charge >= 0.3 is 5.97 Å². The molecule has 88 valence electrons. The maximum Gasteiger partial charge on any atom is 0.323 e. The molecule has 0 saturated carbocycles. The van der Waals surface area contributed by atoms with Gasteiger partial charge in [0.1, 0.15) is 18.9 Å². The Balaban J connectivity index is 2.68. The molecule has 16 heavy (non-hydrogen) atoms. The lowest BCUT2D eigenvalue weighted by atomic mass is 10.4. The summed E-state index contributed by atoms with van der Waals surface area (Å²) in [4.78, 5) is 23.1. The molecule has 1 aromatic rings. The molecule has 6 nitrogen and oxygen atoms in total. The van der Waals surface area contributed by atoms with E-state index in [4.69, 9.17) is 14.3 Å². The highest BCUT2D eigenvalue weighted by molar-refractivity contribution is 5.93. The maximum absolute atomic E-state index is 11.6. The predicted molar refractivity (Wildman–Crippen MR) is 54.0 cm³/mol. The lowest BCUT2D eigenvalue weighted by Gasteiger charge is -2.12. The minimum Gasteiger partial charge on any atom is -0.480 e. The Labute approximate surface area is 92.4 Å². The van der Waals surface area contributed by atoms with Gasteiger partial charge in [-0.25, -0.2) is 0 Å². The highest BCUT2D eigenvalue weighted by Gasteiger charge is 2.17. The van der Waals surface area contributed by atoms with E-state index < -0.39 is 11.9 Å². The molecule has 0 fully saturated rings. The van der Waals surface area contributed by atoms with Crippen molar-refractivity contribution in [2.45, 2.75) is 6.61 Å². The normalized spacial score (nSPS) is 10.1. The molecule has 1 N–H and O–H groups in total. The van der Waals surface area contributed by atoms with Gasteiger partial charge < -0.3 is 19.2 Å². The summed E-state index contributed by atoms with van der Waals surface area (Å²) < 4.78 is 10.0. The van der Waals surface area contributed by atoms with Crippen LogP contribution < -0.4 is 0 Å². The van der Waals surface area contributed by atoms with Gasteiger partial charge in [-0.15, -0.1) is 0 Å². The number of likely N-dealkylation sites (N-methyl/N-ethyl adjacent to an activating group) is 1. The summed E-state index contributed by atoms with van der Waals surface area (Å²) in [7, 11) is 2.91. The Morgan fingerprint density at radius 2 is 2.19 bits per heavy atom. The fourth-order valence-electron chi connectivity index (χ4n) is 1.18. The van der Waals surface area contributed by atoms with E-state index in [-0.39, 0.29) is 18.9 Å². The van der Waals surface area contributed by atoms with Gasteiger partial charge in [0, 0.05) is 14.2 Å². The van der Waals surface area contributed by atoms with Crippen LogP contribution in [0.3, 0.4) is 0 Å². The van der Waals surface area contributed by atoms with Gasteiger partial charge in [0.05, 0.1) is 0 Å². The first kappa shape index (κ1) is 12.3. The molecular formula is C10H13NO5. The fourth-order valence-corrected chi connectivity index (χ4v) is 1.18. The minimum absolute atomic E-state index is 0.107. The average molecular weight is 227 g/mol. The van der Waals surface area contributed by atoms with Crippen molar-refractivity contribution in [3.05, 3.63) is 23.7 Å². The Hall–Kier alpha value is -1.82. The van der Waals surface area contributed by atoms with Gasteiger partial charge in [-0.05, 0) is 12.1 Å². The van der Waals surface area contributed by atoms with Gasteiger partial charge in [0.2, 0.25) is 0 Å². The van der Waals surface area contributed by atoms with E-state index >= 15 is 0 Å². The lowest BCUT2D eigenvalue weighted by Crippen LogP contribution is -2.31. The van der Waals surface area contributed by atoms with Crippen molar-refractivity contribution in [1.29, 1.82) is 0 Å². The van der Waals surface area contributed by atoms with Crippen molar-refractivity contribution < 1.29 is 23.8 Å². The van der Waals surface area contributed by atoms with Crippen LogP contribution in [0.15, 0.2) is 16.5 Å². The molecule has 0 aromatic carbocycles.